The number of fused-ring (bicyclic) bond motifs is 1. The van der Waals surface area contributed by atoms with Crippen molar-refractivity contribution in [2.75, 3.05) is 0 Å². The third-order valence-electron chi connectivity index (χ3n) is 4.38. The number of hydrogen-bond donors (Lipinski definition) is 0. The molecule has 0 N–H and O–H groups in total. The molecule has 3 aromatic carbocycles. The summed E-state index contributed by atoms with van der Waals surface area (Å²) in [5, 5.41) is 0.640. The average Bonchev–Trinajstić information content (AvgIpc) is 2.70. The Hall–Kier alpha value is -3.31. The summed E-state index contributed by atoms with van der Waals surface area (Å²) < 4.78 is 30.7. The van der Waals surface area contributed by atoms with Crippen molar-refractivity contribution in [2.45, 2.75) is 13.5 Å². The molecule has 4 aromatic rings. The SMILES string of the molecule is Cc1cccc(Oc2coc3cc(OCc4c(F)cccc4Cl)ccc3c2=O)c1. The lowest BCUT2D eigenvalue weighted by Gasteiger charge is -2.10. The summed E-state index contributed by atoms with van der Waals surface area (Å²) in [5.41, 5.74) is 1.32. The van der Waals surface area contributed by atoms with E-state index >= 15 is 0 Å². The molecule has 0 bridgehead atoms. The van der Waals surface area contributed by atoms with Crippen molar-refractivity contribution >= 4 is 22.6 Å². The van der Waals surface area contributed by atoms with Crippen molar-refractivity contribution in [3.63, 3.8) is 0 Å². The van der Waals surface area contributed by atoms with Gasteiger partial charge in [0.2, 0.25) is 11.2 Å². The molecule has 6 heteroatoms. The van der Waals surface area contributed by atoms with Crippen LogP contribution in [0, 0.1) is 12.7 Å². The van der Waals surface area contributed by atoms with Crippen LogP contribution in [-0.2, 0) is 6.61 Å². The largest absolute Gasteiger partial charge is 0.489 e. The molecular weight excluding hydrogens is 395 g/mol. The van der Waals surface area contributed by atoms with Gasteiger partial charge in [0.05, 0.1) is 10.4 Å². The fourth-order valence-electron chi connectivity index (χ4n) is 2.88. The summed E-state index contributed by atoms with van der Waals surface area (Å²) in [5.74, 6) is 0.628. The van der Waals surface area contributed by atoms with E-state index in [1.807, 2.05) is 25.1 Å². The predicted octanol–water partition coefficient (Wildman–Crippen LogP) is 6.27. The summed E-state index contributed by atoms with van der Waals surface area (Å²) in [6, 6.07) is 16.6. The molecule has 29 heavy (non-hydrogen) atoms. The predicted molar refractivity (Wildman–Crippen MR) is 109 cm³/mol. The fraction of sp³-hybridized carbons (Fsp3) is 0.0870. The highest BCUT2D eigenvalue weighted by Gasteiger charge is 2.12. The smallest absolute Gasteiger partial charge is 0.235 e. The van der Waals surface area contributed by atoms with Gasteiger partial charge in [-0.2, -0.15) is 0 Å². The second kappa shape index (κ2) is 7.97. The topological polar surface area (TPSA) is 48.7 Å². The van der Waals surface area contributed by atoms with Crippen LogP contribution in [0.1, 0.15) is 11.1 Å². The van der Waals surface area contributed by atoms with Crippen molar-refractivity contribution in [2.24, 2.45) is 0 Å². The van der Waals surface area contributed by atoms with E-state index in [1.54, 1.807) is 30.3 Å². The minimum Gasteiger partial charge on any atom is -0.489 e. The van der Waals surface area contributed by atoms with Crippen LogP contribution in [0.2, 0.25) is 5.02 Å². The summed E-state index contributed by atoms with van der Waals surface area (Å²) in [7, 11) is 0. The van der Waals surface area contributed by atoms with E-state index in [0.29, 0.717) is 22.5 Å². The maximum atomic E-state index is 13.9. The summed E-state index contributed by atoms with van der Waals surface area (Å²) in [6.07, 6.45) is 1.27. The first-order valence-electron chi connectivity index (χ1n) is 8.87. The van der Waals surface area contributed by atoms with Crippen LogP contribution >= 0.6 is 11.6 Å². The van der Waals surface area contributed by atoms with E-state index in [-0.39, 0.29) is 28.4 Å². The molecule has 0 radical (unpaired) electrons. The van der Waals surface area contributed by atoms with Crippen LogP contribution in [0.3, 0.4) is 0 Å². The maximum Gasteiger partial charge on any atom is 0.235 e. The van der Waals surface area contributed by atoms with Gasteiger partial charge >= 0.3 is 0 Å². The highest BCUT2D eigenvalue weighted by Crippen LogP contribution is 2.26. The van der Waals surface area contributed by atoms with Gasteiger partial charge in [0.1, 0.15) is 35.8 Å². The van der Waals surface area contributed by atoms with Gasteiger partial charge in [0, 0.05) is 11.6 Å². The highest BCUT2D eigenvalue weighted by atomic mass is 35.5. The summed E-state index contributed by atoms with van der Waals surface area (Å²) in [4.78, 5) is 12.7. The Morgan fingerprint density at radius 2 is 1.86 bits per heavy atom. The Bertz CT molecular complexity index is 1230. The minimum atomic E-state index is -0.442. The van der Waals surface area contributed by atoms with Crippen molar-refractivity contribution < 1.29 is 18.3 Å². The second-order valence-electron chi connectivity index (χ2n) is 6.49. The number of aryl methyl sites for hydroxylation is 1. The van der Waals surface area contributed by atoms with Gasteiger partial charge in [0.15, 0.2) is 0 Å². The average molecular weight is 411 g/mol. The zero-order valence-electron chi connectivity index (χ0n) is 15.4. The first-order chi connectivity index (χ1) is 14.0. The van der Waals surface area contributed by atoms with Crippen LogP contribution in [0.4, 0.5) is 4.39 Å². The third-order valence-corrected chi connectivity index (χ3v) is 4.73. The van der Waals surface area contributed by atoms with Gasteiger partial charge < -0.3 is 13.9 Å². The number of rotatable bonds is 5. The molecule has 146 valence electrons. The molecule has 1 aromatic heterocycles. The molecule has 0 saturated heterocycles. The highest BCUT2D eigenvalue weighted by molar-refractivity contribution is 6.31. The number of benzene rings is 3. The summed E-state index contributed by atoms with van der Waals surface area (Å²) >= 11 is 6.01. The monoisotopic (exact) mass is 410 g/mol. The molecule has 0 amide bonds. The van der Waals surface area contributed by atoms with Gasteiger partial charge in [-0.25, -0.2) is 4.39 Å². The number of hydrogen-bond acceptors (Lipinski definition) is 4. The molecule has 0 aliphatic heterocycles. The standard InChI is InChI=1S/C23H16ClFO4/c1-14-4-2-5-16(10-14)29-22-13-28-21-11-15(8-9-17(21)23(22)26)27-12-18-19(24)6-3-7-20(18)25/h2-11,13H,12H2,1H3. The first kappa shape index (κ1) is 19.0. The first-order valence-corrected chi connectivity index (χ1v) is 9.25. The Morgan fingerprint density at radius 3 is 2.66 bits per heavy atom. The third kappa shape index (κ3) is 4.10. The maximum absolute atomic E-state index is 13.9. The minimum absolute atomic E-state index is 0.0458. The molecule has 1 heterocycles. The molecule has 4 rings (SSSR count). The van der Waals surface area contributed by atoms with Gasteiger partial charge in [-0.05, 0) is 48.9 Å². The van der Waals surface area contributed by atoms with Gasteiger partial charge in [-0.3, -0.25) is 4.79 Å². The normalized spacial score (nSPS) is 10.9. The number of ether oxygens (including phenoxy) is 2. The lowest BCUT2D eigenvalue weighted by atomic mass is 10.2. The van der Waals surface area contributed by atoms with E-state index in [2.05, 4.69) is 0 Å². The van der Waals surface area contributed by atoms with Gasteiger partial charge in [-0.1, -0.05) is 29.8 Å². The van der Waals surface area contributed by atoms with Crippen LogP contribution in [0.15, 0.2) is 76.1 Å². The molecular formula is C23H16ClFO4. The zero-order valence-corrected chi connectivity index (χ0v) is 16.2. The second-order valence-corrected chi connectivity index (χ2v) is 6.90. The van der Waals surface area contributed by atoms with Crippen molar-refractivity contribution in [3.05, 3.63) is 99.1 Å². The van der Waals surface area contributed by atoms with E-state index in [4.69, 9.17) is 25.5 Å². The van der Waals surface area contributed by atoms with Crippen molar-refractivity contribution in [3.8, 4) is 17.2 Å². The van der Waals surface area contributed by atoms with Gasteiger partial charge in [0.25, 0.3) is 0 Å². The molecule has 0 aliphatic rings. The van der Waals surface area contributed by atoms with Crippen LogP contribution in [0.5, 0.6) is 17.2 Å². The molecule has 0 unspecified atom stereocenters. The Balaban J connectivity index is 1.58. The van der Waals surface area contributed by atoms with Crippen molar-refractivity contribution in [1.82, 2.24) is 0 Å². The fourth-order valence-corrected chi connectivity index (χ4v) is 3.10. The summed E-state index contributed by atoms with van der Waals surface area (Å²) in [6.45, 7) is 1.89. The number of halogens is 2. The Morgan fingerprint density at radius 1 is 1.03 bits per heavy atom. The molecule has 0 spiro atoms. The van der Waals surface area contributed by atoms with Crippen LogP contribution < -0.4 is 14.9 Å². The van der Waals surface area contributed by atoms with Crippen molar-refractivity contribution in [1.29, 1.82) is 0 Å². The van der Waals surface area contributed by atoms with E-state index in [9.17, 15) is 9.18 Å². The lowest BCUT2D eigenvalue weighted by Crippen LogP contribution is -2.05. The molecule has 4 nitrogen and oxygen atoms in total. The van der Waals surface area contributed by atoms with E-state index in [1.165, 1.54) is 18.4 Å². The Kier molecular flexibility index (Phi) is 5.23. The Labute approximate surface area is 171 Å². The molecule has 0 fully saturated rings. The van der Waals surface area contributed by atoms with Crippen LogP contribution in [0.25, 0.3) is 11.0 Å². The lowest BCUT2D eigenvalue weighted by molar-refractivity contribution is 0.300. The zero-order chi connectivity index (χ0) is 20.4. The molecule has 0 atom stereocenters. The van der Waals surface area contributed by atoms with Crippen LogP contribution in [-0.4, -0.2) is 0 Å². The molecule has 0 saturated carbocycles. The molecule has 0 aliphatic carbocycles. The van der Waals surface area contributed by atoms with E-state index in [0.717, 1.165) is 5.56 Å². The quantitative estimate of drug-likeness (QED) is 0.389. The van der Waals surface area contributed by atoms with Gasteiger partial charge in [-0.15, -0.1) is 0 Å². The van der Waals surface area contributed by atoms with E-state index < -0.39 is 5.82 Å².